The lowest BCUT2D eigenvalue weighted by Crippen LogP contribution is -2.21. The van der Waals surface area contributed by atoms with E-state index in [9.17, 15) is 4.39 Å². The third kappa shape index (κ3) is 3.17. The smallest absolute Gasteiger partial charge is 0.139 e. The van der Waals surface area contributed by atoms with E-state index in [1.54, 1.807) is 6.07 Å². The Morgan fingerprint density at radius 1 is 1.33 bits per heavy atom. The van der Waals surface area contributed by atoms with Crippen molar-refractivity contribution in [3.05, 3.63) is 34.6 Å². The van der Waals surface area contributed by atoms with Gasteiger partial charge in [-0.1, -0.05) is 0 Å². The molecular weight excluding hydrogens is 297 g/mol. The zero-order valence-corrected chi connectivity index (χ0v) is 12.0. The molecule has 0 saturated heterocycles. The number of anilines is 1. The quantitative estimate of drug-likeness (QED) is 0.940. The van der Waals surface area contributed by atoms with Gasteiger partial charge in [-0.3, -0.25) is 0 Å². The number of benzene rings is 1. The first-order valence-corrected chi connectivity index (χ1v) is 6.50. The second-order valence-electron chi connectivity index (χ2n) is 4.39. The first-order chi connectivity index (χ1) is 8.56. The first-order valence-electron chi connectivity index (χ1n) is 5.70. The number of aromatic nitrogens is 1. The standard InChI is InChI=1S/C13H15BrFN3/c1-18(2)6-5-16-13-4-3-9-7-10(14)11(15)8-12(9)17-13/h3-4,7-8H,5-6H2,1-2H3,(H,16,17). The van der Waals surface area contributed by atoms with Crippen LogP contribution in [-0.2, 0) is 0 Å². The molecule has 0 fully saturated rings. The topological polar surface area (TPSA) is 28.2 Å². The highest BCUT2D eigenvalue weighted by atomic mass is 79.9. The summed E-state index contributed by atoms with van der Waals surface area (Å²) >= 11 is 3.17. The lowest BCUT2D eigenvalue weighted by atomic mass is 10.2. The largest absolute Gasteiger partial charge is 0.369 e. The van der Waals surface area contributed by atoms with Crippen LogP contribution in [0.4, 0.5) is 10.2 Å². The Morgan fingerprint density at radius 2 is 2.11 bits per heavy atom. The maximum absolute atomic E-state index is 13.4. The molecule has 0 aliphatic heterocycles. The van der Waals surface area contributed by atoms with E-state index in [0.29, 0.717) is 9.99 Å². The van der Waals surface area contributed by atoms with Crippen LogP contribution < -0.4 is 5.32 Å². The van der Waals surface area contributed by atoms with Crippen molar-refractivity contribution in [1.29, 1.82) is 0 Å². The molecule has 0 spiro atoms. The van der Waals surface area contributed by atoms with Crippen molar-refractivity contribution in [3.8, 4) is 0 Å². The second-order valence-corrected chi connectivity index (χ2v) is 5.24. The Labute approximate surface area is 114 Å². The van der Waals surface area contributed by atoms with Crippen LogP contribution in [-0.4, -0.2) is 37.1 Å². The number of hydrogen-bond donors (Lipinski definition) is 1. The molecule has 1 heterocycles. The van der Waals surface area contributed by atoms with Crippen molar-refractivity contribution in [2.45, 2.75) is 0 Å². The van der Waals surface area contributed by atoms with Crippen LogP contribution in [0.25, 0.3) is 10.9 Å². The molecule has 0 amide bonds. The van der Waals surface area contributed by atoms with Gasteiger partial charge in [0, 0.05) is 24.5 Å². The van der Waals surface area contributed by atoms with E-state index in [4.69, 9.17) is 0 Å². The molecule has 2 aromatic rings. The minimum absolute atomic E-state index is 0.291. The van der Waals surface area contributed by atoms with Crippen LogP contribution in [0.5, 0.6) is 0 Å². The predicted octanol–water partition coefficient (Wildman–Crippen LogP) is 3.11. The van der Waals surface area contributed by atoms with Crippen LogP contribution >= 0.6 is 15.9 Å². The summed E-state index contributed by atoms with van der Waals surface area (Å²) in [6, 6.07) is 7.02. The summed E-state index contributed by atoms with van der Waals surface area (Å²) in [5.74, 6) is 0.478. The van der Waals surface area contributed by atoms with Crippen LogP contribution in [0, 0.1) is 5.82 Å². The number of halogens is 2. The van der Waals surface area contributed by atoms with Gasteiger partial charge in [0.2, 0.25) is 0 Å². The lowest BCUT2D eigenvalue weighted by Gasteiger charge is -2.11. The van der Waals surface area contributed by atoms with Crippen molar-refractivity contribution in [2.75, 3.05) is 32.5 Å². The van der Waals surface area contributed by atoms with Crippen molar-refractivity contribution in [3.63, 3.8) is 0 Å². The molecule has 0 radical (unpaired) electrons. The van der Waals surface area contributed by atoms with Crippen molar-refractivity contribution < 1.29 is 4.39 Å². The number of likely N-dealkylation sites (N-methyl/N-ethyl adjacent to an activating group) is 1. The number of pyridine rings is 1. The molecule has 0 atom stereocenters. The number of nitrogens with one attached hydrogen (secondary N) is 1. The minimum atomic E-state index is -0.291. The fourth-order valence-corrected chi connectivity index (χ4v) is 1.98. The normalized spacial score (nSPS) is 11.2. The number of nitrogens with zero attached hydrogens (tertiary/aromatic N) is 2. The van der Waals surface area contributed by atoms with E-state index < -0.39 is 0 Å². The van der Waals surface area contributed by atoms with E-state index in [1.807, 2.05) is 26.2 Å². The Morgan fingerprint density at radius 3 is 2.83 bits per heavy atom. The third-order valence-electron chi connectivity index (χ3n) is 2.60. The summed E-state index contributed by atoms with van der Waals surface area (Å²) in [6.45, 7) is 1.74. The molecule has 1 aromatic carbocycles. The molecule has 0 aliphatic rings. The van der Waals surface area contributed by atoms with Gasteiger partial charge in [0.25, 0.3) is 0 Å². The summed E-state index contributed by atoms with van der Waals surface area (Å²) in [6.07, 6.45) is 0. The molecule has 3 nitrogen and oxygen atoms in total. The number of rotatable bonds is 4. The van der Waals surface area contributed by atoms with Crippen LogP contribution in [0.2, 0.25) is 0 Å². The summed E-state index contributed by atoms with van der Waals surface area (Å²) in [7, 11) is 4.03. The second kappa shape index (κ2) is 5.63. The van der Waals surface area contributed by atoms with Gasteiger partial charge in [-0.15, -0.1) is 0 Å². The summed E-state index contributed by atoms with van der Waals surface area (Å²) in [5.41, 5.74) is 0.658. The Bertz CT molecular complexity index is 557. The zero-order chi connectivity index (χ0) is 13.1. The van der Waals surface area contributed by atoms with Gasteiger partial charge in [-0.05, 0) is 48.2 Å². The summed E-state index contributed by atoms with van der Waals surface area (Å²) < 4.78 is 13.9. The van der Waals surface area contributed by atoms with E-state index in [1.165, 1.54) is 6.07 Å². The molecule has 1 N–H and O–H groups in total. The van der Waals surface area contributed by atoms with Gasteiger partial charge in [-0.2, -0.15) is 0 Å². The minimum Gasteiger partial charge on any atom is -0.369 e. The zero-order valence-electron chi connectivity index (χ0n) is 10.4. The summed E-state index contributed by atoms with van der Waals surface area (Å²) in [5, 5.41) is 4.13. The van der Waals surface area contributed by atoms with E-state index in [2.05, 4.69) is 31.1 Å². The van der Waals surface area contributed by atoms with Gasteiger partial charge < -0.3 is 10.2 Å². The Hall–Kier alpha value is -1.20. The van der Waals surface area contributed by atoms with Gasteiger partial charge in [0.15, 0.2) is 0 Å². The molecule has 2 rings (SSSR count). The highest BCUT2D eigenvalue weighted by Gasteiger charge is 2.04. The van der Waals surface area contributed by atoms with Crippen LogP contribution in [0.15, 0.2) is 28.7 Å². The molecule has 96 valence electrons. The summed E-state index contributed by atoms with van der Waals surface area (Å²) in [4.78, 5) is 6.47. The fourth-order valence-electron chi connectivity index (χ4n) is 1.62. The highest BCUT2D eigenvalue weighted by molar-refractivity contribution is 9.10. The van der Waals surface area contributed by atoms with E-state index in [-0.39, 0.29) is 5.82 Å². The van der Waals surface area contributed by atoms with Crippen molar-refractivity contribution in [1.82, 2.24) is 9.88 Å². The third-order valence-corrected chi connectivity index (χ3v) is 3.20. The SMILES string of the molecule is CN(C)CCNc1ccc2cc(Br)c(F)cc2n1. The Balaban J connectivity index is 2.19. The molecule has 0 unspecified atom stereocenters. The van der Waals surface area contributed by atoms with Crippen molar-refractivity contribution >= 4 is 32.7 Å². The van der Waals surface area contributed by atoms with Crippen LogP contribution in [0.3, 0.4) is 0 Å². The molecule has 0 bridgehead atoms. The average Bonchev–Trinajstić information content (AvgIpc) is 2.30. The van der Waals surface area contributed by atoms with Gasteiger partial charge in [0.05, 0.1) is 9.99 Å². The van der Waals surface area contributed by atoms with E-state index >= 15 is 0 Å². The molecular formula is C13H15BrFN3. The number of hydrogen-bond acceptors (Lipinski definition) is 3. The maximum atomic E-state index is 13.4. The van der Waals surface area contributed by atoms with E-state index in [0.717, 1.165) is 24.3 Å². The predicted molar refractivity (Wildman–Crippen MR) is 76.4 cm³/mol. The first kappa shape index (κ1) is 13.2. The number of fused-ring (bicyclic) bond motifs is 1. The maximum Gasteiger partial charge on any atom is 0.139 e. The molecule has 18 heavy (non-hydrogen) atoms. The van der Waals surface area contributed by atoms with Gasteiger partial charge in [0.1, 0.15) is 11.6 Å². The highest BCUT2D eigenvalue weighted by Crippen LogP contribution is 2.23. The van der Waals surface area contributed by atoms with Gasteiger partial charge >= 0.3 is 0 Å². The molecule has 1 aromatic heterocycles. The van der Waals surface area contributed by atoms with Crippen molar-refractivity contribution in [2.24, 2.45) is 0 Å². The monoisotopic (exact) mass is 311 g/mol. The van der Waals surface area contributed by atoms with Gasteiger partial charge in [-0.25, -0.2) is 9.37 Å². The molecule has 5 heteroatoms. The average molecular weight is 312 g/mol. The Kier molecular flexibility index (Phi) is 4.14. The molecule has 0 aliphatic carbocycles. The fraction of sp³-hybridized carbons (Fsp3) is 0.308. The van der Waals surface area contributed by atoms with Crippen LogP contribution in [0.1, 0.15) is 0 Å². The molecule has 0 saturated carbocycles. The lowest BCUT2D eigenvalue weighted by molar-refractivity contribution is 0.425.